The largest absolute Gasteiger partial charge is 0.481 e. The molecule has 1 aliphatic rings. The molecule has 3 heterocycles. The minimum atomic E-state index is -1.32. The summed E-state index contributed by atoms with van der Waals surface area (Å²) in [6.45, 7) is 2.67. The van der Waals surface area contributed by atoms with Gasteiger partial charge >= 0.3 is 11.5 Å². The van der Waals surface area contributed by atoms with E-state index >= 15 is 0 Å². The van der Waals surface area contributed by atoms with Crippen molar-refractivity contribution in [2.45, 2.75) is 6.61 Å². The molecular weight excluding hydrogens is 442 g/mol. The van der Waals surface area contributed by atoms with E-state index in [4.69, 9.17) is 9.47 Å². The van der Waals surface area contributed by atoms with E-state index in [0.29, 0.717) is 30.8 Å². The highest BCUT2D eigenvalue weighted by Gasteiger charge is 2.23. The maximum atomic E-state index is 13.1. The van der Waals surface area contributed by atoms with E-state index in [0.717, 1.165) is 11.3 Å². The van der Waals surface area contributed by atoms with Gasteiger partial charge < -0.3 is 19.5 Å². The number of aromatic carboxylic acids is 1. The van der Waals surface area contributed by atoms with Crippen LogP contribution in [0.5, 0.6) is 5.75 Å². The Kier molecular flexibility index (Phi) is 5.50. The van der Waals surface area contributed by atoms with Crippen LogP contribution in [0.25, 0.3) is 5.65 Å². The van der Waals surface area contributed by atoms with Crippen LogP contribution in [0.1, 0.15) is 16.1 Å². The second kappa shape index (κ2) is 8.22. The number of carboxylic acid groups (broad SMARTS) is 1. The third-order valence-corrected chi connectivity index (χ3v) is 5.21. The van der Waals surface area contributed by atoms with E-state index in [1.165, 1.54) is 4.40 Å². The summed E-state index contributed by atoms with van der Waals surface area (Å²) in [5, 5.41) is 9.57. The summed E-state index contributed by atoms with van der Waals surface area (Å²) in [7, 11) is 0. The number of benzene rings is 1. The predicted molar refractivity (Wildman–Crippen MR) is 110 cm³/mol. The summed E-state index contributed by atoms with van der Waals surface area (Å²) in [5.74, 6) is -1.61. The molecule has 0 aliphatic carbocycles. The minimum absolute atomic E-state index is 0.0639. The van der Waals surface area contributed by atoms with Gasteiger partial charge in [-0.15, -0.1) is 0 Å². The molecule has 1 fully saturated rings. The van der Waals surface area contributed by atoms with Gasteiger partial charge in [-0.3, -0.25) is 9.20 Å². The Balaban J connectivity index is 1.80. The van der Waals surface area contributed by atoms with Gasteiger partial charge in [0, 0.05) is 19.3 Å². The van der Waals surface area contributed by atoms with Crippen molar-refractivity contribution in [3.8, 4) is 5.75 Å². The summed E-state index contributed by atoms with van der Waals surface area (Å²) < 4.78 is 12.8. The SMILES string of the molecule is O=C(O)c1nc2c(Br)cc(N3CCOCC3)cn2c(=O)c1OCc1ccccc1. The van der Waals surface area contributed by atoms with Crippen LogP contribution < -0.4 is 15.2 Å². The molecule has 8 nitrogen and oxygen atoms in total. The summed E-state index contributed by atoms with van der Waals surface area (Å²) in [5.41, 5.74) is 0.867. The number of rotatable bonds is 5. The number of hydrogen-bond donors (Lipinski definition) is 1. The Labute approximate surface area is 174 Å². The van der Waals surface area contributed by atoms with Crippen LogP contribution in [0.2, 0.25) is 0 Å². The highest BCUT2D eigenvalue weighted by Crippen LogP contribution is 2.26. The van der Waals surface area contributed by atoms with Crippen molar-refractivity contribution in [2.75, 3.05) is 31.2 Å². The monoisotopic (exact) mass is 459 g/mol. The number of morpholine rings is 1. The molecule has 150 valence electrons. The summed E-state index contributed by atoms with van der Waals surface area (Å²) in [4.78, 5) is 31.1. The Morgan fingerprint density at radius 3 is 2.66 bits per heavy atom. The predicted octanol–water partition coefficient (Wildman–Crippen LogP) is 2.57. The lowest BCUT2D eigenvalue weighted by Gasteiger charge is -2.29. The number of aromatic nitrogens is 2. The van der Waals surface area contributed by atoms with E-state index in [1.54, 1.807) is 6.20 Å². The number of hydrogen-bond acceptors (Lipinski definition) is 6. The molecule has 1 aromatic carbocycles. The zero-order valence-electron chi connectivity index (χ0n) is 15.4. The van der Waals surface area contributed by atoms with E-state index in [1.807, 2.05) is 36.4 Å². The fraction of sp³-hybridized carbons (Fsp3) is 0.250. The van der Waals surface area contributed by atoms with Crippen LogP contribution in [0.4, 0.5) is 5.69 Å². The Morgan fingerprint density at radius 1 is 1.24 bits per heavy atom. The number of nitrogens with zero attached hydrogens (tertiary/aromatic N) is 3. The molecule has 4 rings (SSSR count). The molecule has 0 bridgehead atoms. The normalized spacial score (nSPS) is 14.2. The highest BCUT2D eigenvalue weighted by atomic mass is 79.9. The molecule has 0 radical (unpaired) electrons. The Bertz CT molecular complexity index is 1110. The van der Waals surface area contributed by atoms with Gasteiger partial charge in [0.25, 0.3) is 0 Å². The smallest absolute Gasteiger partial charge is 0.358 e. The maximum Gasteiger partial charge on any atom is 0.358 e. The van der Waals surface area contributed by atoms with Gasteiger partial charge in [0.15, 0.2) is 11.3 Å². The Morgan fingerprint density at radius 2 is 1.97 bits per heavy atom. The molecule has 29 heavy (non-hydrogen) atoms. The fourth-order valence-electron chi connectivity index (χ4n) is 3.17. The molecule has 0 unspecified atom stereocenters. The van der Waals surface area contributed by atoms with Crippen molar-refractivity contribution in [3.05, 3.63) is 68.7 Å². The molecule has 2 aromatic heterocycles. The highest BCUT2D eigenvalue weighted by molar-refractivity contribution is 9.10. The summed E-state index contributed by atoms with van der Waals surface area (Å²) in [6.07, 6.45) is 1.65. The lowest BCUT2D eigenvalue weighted by atomic mass is 10.2. The second-order valence-electron chi connectivity index (χ2n) is 6.51. The molecule has 0 spiro atoms. The summed E-state index contributed by atoms with van der Waals surface area (Å²) >= 11 is 3.42. The second-order valence-corrected chi connectivity index (χ2v) is 7.37. The third kappa shape index (κ3) is 3.96. The molecule has 1 saturated heterocycles. The molecule has 0 atom stereocenters. The van der Waals surface area contributed by atoms with Gasteiger partial charge in [0.2, 0.25) is 5.75 Å². The quantitative estimate of drug-likeness (QED) is 0.626. The number of carboxylic acids is 1. The van der Waals surface area contributed by atoms with Crippen molar-refractivity contribution >= 4 is 33.2 Å². The van der Waals surface area contributed by atoms with E-state index in [9.17, 15) is 14.7 Å². The standard InChI is InChI=1S/C20H18BrN3O5/c21-15-10-14(23-6-8-28-9-7-23)11-24-18(15)22-16(20(26)27)17(19(24)25)29-12-13-4-2-1-3-5-13/h1-5,10-11H,6-9,12H2,(H,26,27). The molecule has 1 aliphatic heterocycles. The van der Waals surface area contributed by atoms with Crippen molar-refractivity contribution in [3.63, 3.8) is 0 Å². The van der Waals surface area contributed by atoms with Gasteiger partial charge in [-0.25, -0.2) is 9.78 Å². The first-order valence-corrected chi connectivity index (χ1v) is 9.82. The van der Waals surface area contributed by atoms with Crippen LogP contribution in [-0.4, -0.2) is 46.8 Å². The van der Waals surface area contributed by atoms with E-state index in [2.05, 4.69) is 25.8 Å². The van der Waals surface area contributed by atoms with Gasteiger partial charge in [0.1, 0.15) is 6.61 Å². The van der Waals surface area contributed by atoms with E-state index in [-0.39, 0.29) is 18.0 Å². The number of carbonyl (C=O) groups is 1. The number of halogens is 1. The average molecular weight is 460 g/mol. The van der Waals surface area contributed by atoms with Crippen molar-refractivity contribution in [2.24, 2.45) is 0 Å². The average Bonchev–Trinajstić information content (AvgIpc) is 2.74. The van der Waals surface area contributed by atoms with Crippen molar-refractivity contribution in [1.82, 2.24) is 9.38 Å². The molecule has 9 heteroatoms. The summed E-state index contributed by atoms with van der Waals surface area (Å²) in [6, 6.07) is 11.0. The van der Waals surface area contributed by atoms with Gasteiger partial charge in [-0.2, -0.15) is 0 Å². The zero-order valence-corrected chi connectivity index (χ0v) is 17.0. The maximum absolute atomic E-state index is 13.1. The van der Waals surface area contributed by atoms with Crippen molar-refractivity contribution in [1.29, 1.82) is 0 Å². The van der Waals surface area contributed by atoms with Crippen molar-refractivity contribution < 1.29 is 19.4 Å². The molecule has 1 N–H and O–H groups in total. The first-order chi connectivity index (χ1) is 14.0. The lowest BCUT2D eigenvalue weighted by Crippen LogP contribution is -2.36. The molecule has 0 saturated carbocycles. The minimum Gasteiger partial charge on any atom is -0.481 e. The lowest BCUT2D eigenvalue weighted by molar-refractivity contribution is 0.0684. The van der Waals surface area contributed by atoms with Gasteiger partial charge in [-0.1, -0.05) is 30.3 Å². The number of fused-ring (bicyclic) bond motifs is 1. The van der Waals surface area contributed by atoms with Crippen LogP contribution in [0.3, 0.4) is 0 Å². The number of ether oxygens (including phenoxy) is 2. The molecular formula is C20H18BrN3O5. The topological polar surface area (TPSA) is 93.4 Å². The fourth-order valence-corrected chi connectivity index (χ4v) is 3.68. The van der Waals surface area contributed by atoms with Gasteiger partial charge in [0.05, 0.1) is 23.4 Å². The zero-order chi connectivity index (χ0) is 20.4. The van der Waals surface area contributed by atoms with Crippen LogP contribution >= 0.6 is 15.9 Å². The third-order valence-electron chi connectivity index (χ3n) is 4.63. The first-order valence-electron chi connectivity index (χ1n) is 9.03. The molecule has 3 aromatic rings. The van der Waals surface area contributed by atoms with Crippen LogP contribution in [-0.2, 0) is 11.3 Å². The van der Waals surface area contributed by atoms with Crippen LogP contribution in [0, 0.1) is 0 Å². The van der Waals surface area contributed by atoms with E-state index < -0.39 is 17.2 Å². The van der Waals surface area contributed by atoms with Gasteiger partial charge in [-0.05, 0) is 27.6 Å². The number of pyridine rings is 1. The Hall–Kier alpha value is -2.91. The molecule has 0 amide bonds. The first kappa shape index (κ1) is 19.4. The number of anilines is 1. The van der Waals surface area contributed by atoms with Crippen LogP contribution in [0.15, 0.2) is 51.9 Å².